The van der Waals surface area contributed by atoms with Crippen LogP contribution in [-0.2, 0) is 0 Å². The zero-order valence-corrected chi connectivity index (χ0v) is 9.15. The molecule has 2 saturated heterocycles. The molecule has 0 saturated carbocycles. The fraction of sp³-hybridized carbons (Fsp3) is 1.00. The first kappa shape index (κ1) is 10.4. The molecule has 0 aromatic carbocycles. The highest BCUT2D eigenvalue weighted by Crippen LogP contribution is 2.29. The minimum absolute atomic E-state index is 0.319. The molecule has 2 unspecified atom stereocenters. The fourth-order valence-corrected chi connectivity index (χ4v) is 3.01. The van der Waals surface area contributed by atoms with Gasteiger partial charge < -0.3 is 10.0 Å². The maximum Gasteiger partial charge on any atom is 0.0558 e. The Morgan fingerprint density at radius 1 is 1.21 bits per heavy atom. The van der Waals surface area contributed by atoms with Crippen molar-refractivity contribution in [2.24, 2.45) is 0 Å². The van der Waals surface area contributed by atoms with E-state index in [4.69, 9.17) is 5.11 Å². The van der Waals surface area contributed by atoms with E-state index in [2.05, 4.69) is 16.7 Å². The Kier molecular flexibility index (Phi) is 3.42. The molecule has 2 fully saturated rings. The number of aliphatic hydroxyl groups is 1. The summed E-state index contributed by atoms with van der Waals surface area (Å²) in [4.78, 5) is 5.09. The van der Waals surface area contributed by atoms with Crippen LogP contribution in [0.4, 0.5) is 0 Å². The van der Waals surface area contributed by atoms with E-state index >= 15 is 0 Å². The lowest BCUT2D eigenvalue weighted by Gasteiger charge is -2.27. The summed E-state index contributed by atoms with van der Waals surface area (Å²) in [6.45, 7) is 7.09. The summed E-state index contributed by atoms with van der Waals surface area (Å²) in [5.74, 6) is 0. The molecule has 2 aliphatic heterocycles. The molecule has 2 bridgehead atoms. The van der Waals surface area contributed by atoms with Crippen LogP contribution in [-0.4, -0.2) is 59.8 Å². The van der Waals surface area contributed by atoms with Gasteiger partial charge in [-0.1, -0.05) is 6.92 Å². The molecule has 0 spiro atoms. The maximum atomic E-state index is 9.04. The van der Waals surface area contributed by atoms with Gasteiger partial charge in [-0.05, 0) is 32.4 Å². The van der Waals surface area contributed by atoms with Gasteiger partial charge in [0, 0.05) is 25.2 Å². The van der Waals surface area contributed by atoms with Gasteiger partial charge in [0.05, 0.1) is 6.61 Å². The third-order valence-corrected chi connectivity index (χ3v) is 3.82. The fourth-order valence-electron chi connectivity index (χ4n) is 3.01. The molecule has 0 aromatic heterocycles. The first-order valence-electron chi connectivity index (χ1n) is 5.94. The Balaban J connectivity index is 1.99. The van der Waals surface area contributed by atoms with Gasteiger partial charge in [-0.15, -0.1) is 0 Å². The number of hydrogen-bond acceptors (Lipinski definition) is 3. The first-order valence-corrected chi connectivity index (χ1v) is 5.94. The Labute approximate surface area is 86.7 Å². The summed E-state index contributed by atoms with van der Waals surface area (Å²) in [6, 6.07) is 1.47. The topological polar surface area (TPSA) is 26.7 Å². The molecule has 14 heavy (non-hydrogen) atoms. The number of likely N-dealkylation sites (tertiary alicyclic amines) is 1. The zero-order chi connectivity index (χ0) is 9.97. The molecule has 2 aliphatic rings. The minimum atomic E-state index is 0.319. The Morgan fingerprint density at radius 3 is 2.71 bits per heavy atom. The van der Waals surface area contributed by atoms with Crippen molar-refractivity contribution in [2.45, 2.75) is 38.3 Å². The van der Waals surface area contributed by atoms with E-state index in [1.807, 2.05) is 0 Å². The van der Waals surface area contributed by atoms with Crippen molar-refractivity contribution in [3.8, 4) is 0 Å². The number of rotatable bonds is 3. The second kappa shape index (κ2) is 4.60. The standard InChI is InChI=1S/C11H22N2O/c1-2-12-6-5-10-3-4-11(9-12)13(10)7-8-14/h10-11,14H,2-9H2,1H3. The van der Waals surface area contributed by atoms with Crippen LogP contribution >= 0.6 is 0 Å². The number of aliphatic hydroxyl groups excluding tert-OH is 1. The molecule has 1 N–H and O–H groups in total. The molecule has 82 valence electrons. The largest absolute Gasteiger partial charge is 0.395 e. The molecule has 3 nitrogen and oxygen atoms in total. The monoisotopic (exact) mass is 198 g/mol. The van der Waals surface area contributed by atoms with Crippen molar-refractivity contribution in [1.82, 2.24) is 9.80 Å². The van der Waals surface area contributed by atoms with Crippen LogP contribution in [0.15, 0.2) is 0 Å². The summed E-state index contributed by atoms with van der Waals surface area (Å²) in [7, 11) is 0. The normalized spacial score (nSPS) is 34.7. The van der Waals surface area contributed by atoms with Crippen LogP contribution in [0.5, 0.6) is 0 Å². The smallest absolute Gasteiger partial charge is 0.0558 e. The second-order valence-electron chi connectivity index (χ2n) is 4.53. The van der Waals surface area contributed by atoms with E-state index < -0.39 is 0 Å². The molecule has 2 rings (SSSR count). The van der Waals surface area contributed by atoms with Crippen LogP contribution in [0, 0.1) is 0 Å². The summed E-state index contributed by atoms with van der Waals surface area (Å²) >= 11 is 0. The first-order chi connectivity index (χ1) is 6.85. The second-order valence-corrected chi connectivity index (χ2v) is 4.53. The average molecular weight is 198 g/mol. The highest BCUT2D eigenvalue weighted by molar-refractivity contribution is 4.92. The summed E-state index contributed by atoms with van der Waals surface area (Å²) in [6.07, 6.45) is 3.98. The van der Waals surface area contributed by atoms with Crippen molar-refractivity contribution in [2.75, 3.05) is 32.8 Å². The number of likely N-dealkylation sites (N-methyl/N-ethyl adjacent to an activating group) is 1. The van der Waals surface area contributed by atoms with Crippen LogP contribution in [0.3, 0.4) is 0 Å². The van der Waals surface area contributed by atoms with E-state index in [-0.39, 0.29) is 0 Å². The number of fused-ring (bicyclic) bond motifs is 2. The predicted octanol–water partition coefficient (Wildman–Crippen LogP) is 0.537. The highest BCUT2D eigenvalue weighted by Gasteiger charge is 2.35. The lowest BCUT2D eigenvalue weighted by atomic mass is 10.1. The molecule has 3 heteroatoms. The van der Waals surface area contributed by atoms with Crippen molar-refractivity contribution in [3.63, 3.8) is 0 Å². The molecule has 0 radical (unpaired) electrons. The van der Waals surface area contributed by atoms with Gasteiger partial charge in [-0.3, -0.25) is 4.90 Å². The third kappa shape index (κ3) is 1.95. The van der Waals surface area contributed by atoms with E-state index in [0.29, 0.717) is 6.61 Å². The third-order valence-electron chi connectivity index (χ3n) is 3.82. The molecular weight excluding hydrogens is 176 g/mol. The van der Waals surface area contributed by atoms with Gasteiger partial charge in [-0.2, -0.15) is 0 Å². The van der Waals surface area contributed by atoms with Gasteiger partial charge >= 0.3 is 0 Å². The summed E-state index contributed by atoms with van der Waals surface area (Å²) in [5.41, 5.74) is 0. The predicted molar refractivity (Wildman–Crippen MR) is 57.3 cm³/mol. The van der Waals surface area contributed by atoms with Crippen LogP contribution < -0.4 is 0 Å². The van der Waals surface area contributed by atoms with Gasteiger partial charge in [0.1, 0.15) is 0 Å². The van der Waals surface area contributed by atoms with Crippen molar-refractivity contribution < 1.29 is 5.11 Å². The molecule has 0 aromatic rings. The quantitative estimate of drug-likeness (QED) is 0.717. The van der Waals surface area contributed by atoms with Crippen LogP contribution in [0.25, 0.3) is 0 Å². The van der Waals surface area contributed by atoms with Crippen LogP contribution in [0.2, 0.25) is 0 Å². The van der Waals surface area contributed by atoms with E-state index in [9.17, 15) is 0 Å². The molecular formula is C11H22N2O. The lowest BCUT2D eigenvalue weighted by molar-refractivity contribution is 0.146. The Hall–Kier alpha value is -0.120. The van der Waals surface area contributed by atoms with Gasteiger partial charge in [-0.25, -0.2) is 0 Å². The summed E-state index contributed by atoms with van der Waals surface area (Å²) < 4.78 is 0. The van der Waals surface area contributed by atoms with Crippen molar-refractivity contribution in [1.29, 1.82) is 0 Å². The van der Waals surface area contributed by atoms with Crippen molar-refractivity contribution >= 4 is 0 Å². The highest BCUT2D eigenvalue weighted by atomic mass is 16.3. The summed E-state index contributed by atoms with van der Waals surface area (Å²) in [5, 5.41) is 9.04. The average Bonchev–Trinajstić information content (AvgIpc) is 2.43. The van der Waals surface area contributed by atoms with E-state index in [0.717, 1.165) is 18.6 Å². The van der Waals surface area contributed by atoms with Gasteiger partial charge in [0.25, 0.3) is 0 Å². The maximum absolute atomic E-state index is 9.04. The van der Waals surface area contributed by atoms with E-state index in [1.54, 1.807) is 0 Å². The molecule has 2 atom stereocenters. The Bertz CT molecular complexity index is 186. The van der Waals surface area contributed by atoms with Gasteiger partial charge in [0.15, 0.2) is 0 Å². The minimum Gasteiger partial charge on any atom is -0.395 e. The number of nitrogens with zero attached hydrogens (tertiary/aromatic N) is 2. The molecule has 0 amide bonds. The molecule has 2 heterocycles. The van der Waals surface area contributed by atoms with Crippen LogP contribution in [0.1, 0.15) is 26.2 Å². The number of hydrogen-bond donors (Lipinski definition) is 1. The SMILES string of the molecule is CCN1CCC2CCC(C1)N2CCO. The Morgan fingerprint density at radius 2 is 2.00 bits per heavy atom. The van der Waals surface area contributed by atoms with Crippen molar-refractivity contribution in [3.05, 3.63) is 0 Å². The van der Waals surface area contributed by atoms with E-state index in [1.165, 1.54) is 38.9 Å². The zero-order valence-electron chi connectivity index (χ0n) is 9.15. The van der Waals surface area contributed by atoms with Gasteiger partial charge in [0.2, 0.25) is 0 Å². The molecule has 0 aliphatic carbocycles. The lowest BCUT2D eigenvalue weighted by Crippen LogP contribution is -2.40.